The smallest absolute Gasteiger partial charge is 0.311 e. The van der Waals surface area contributed by atoms with Crippen molar-refractivity contribution in [3.05, 3.63) is 34.9 Å². The maximum Gasteiger partial charge on any atom is 0.311 e. The number of methoxy groups -OCH3 is 1. The van der Waals surface area contributed by atoms with Crippen molar-refractivity contribution in [2.45, 2.75) is 40.5 Å². The molecule has 0 bridgehead atoms. The second kappa shape index (κ2) is 5.35. The van der Waals surface area contributed by atoms with Crippen molar-refractivity contribution < 1.29 is 9.53 Å². The molecule has 1 aromatic carbocycles. The van der Waals surface area contributed by atoms with E-state index in [1.165, 1.54) is 23.8 Å². The molecule has 2 heteroatoms. The highest BCUT2D eigenvalue weighted by Crippen LogP contribution is 2.30. The van der Waals surface area contributed by atoms with Crippen LogP contribution >= 0.6 is 0 Å². The van der Waals surface area contributed by atoms with Crippen LogP contribution in [0.15, 0.2) is 18.2 Å². The van der Waals surface area contributed by atoms with Gasteiger partial charge in [-0.25, -0.2) is 0 Å². The minimum atomic E-state index is -0.423. The van der Waals surface area contributed by atoms with Gasteiger partial charge in [-0.05, 0) is 50.3 Å². The quantitative estimate of drug-likeness (QED) is 0.746. The van der Waals surface area contributed by atoms with Gasteiger partial charge in [-0.3, -0.25) is 4.79 Å². The first kappa shape index (κ1) is 13.8. The highest BCUT2D eigenvalue weighted by atomic mass is 16.5. The van der Waals surface area contributed by atoms with Crippen molar-refractivity contribution in [1.82, 2.24) is 0 Å². The first-order valence-corrected chi connectivity index (χ1v) is 6.08. The van der Waals surface area contributed by atoms with E-state index in [1.54, 1.807) is 0 Å². The van der Waals surface area contributed by atoms with Gasteiger partial charge in [0.15, 0.2) is 0 Å². The number of aryl methyl sites for hydroxylation is 1. The predicted molar refractivity (Wildman–Crippen MR) is 70.0 cm³/mol. The third-order valence-corrected chi connectivity index (χ3v) is 3.76. The lowest BCUT2D eigenvalue weighted by Crippen LogP contribution is -2.31. The summed E-state index contributed by atoms with van der Waals surface area (Å²) >= 11 is 0. The summed E-state index contributed by atoms with van der Waals surface area (Å²) in [7, 11) is 1.46. The van der Waals surface area contributed by atoms with E-state index in [9.17, 15) is 4.79 Å². The van der Waals surface area contributed by atoms with Crippen LogP contribution in [-0.4, -0.2) is 13.1 Å². The Morgan fingerprint density at radius 1 is 1.35 bits per heavy atom. The van der Waals surface area contributed by atoms with Crippen LogP contribution in [-0.2, 0) is 16.0 Å². The number of carbonyl (C=O) groups is 1. The summed E-state index contributed by atoms with van der Waals surface area (Å²) < 4.78 is 4.91. The highest BCUT2D eigenvalue weighted by Gasteiger charge is 2.33. The van der Waals surface area contributed by atoms with Crippen molar-refractivity contribution in [3.8, 4) is 0 Å². The van der Waals surface area contributed by atoms with Gasteiger partial charge in [0.1, 0.15) is 0 Å². The van der Waals surface area contributed by atoms with Gasteiger partial charge in [0.05, 0.1) is 12.5 Å². The van der Waals surface area contributed by atoms with Gasteiger partial charge < -0.3 is 4.74 Å². The molecule has 0 aliphatic carbocycles. The van der Waals surface area contributed by atoms with E-state index in [0.717, 1.165) is 12.8 Å². The van der Waals surface area contributed by atoms with Crippen LogP contribution in [0.2, 0.25) is 0 Å². The highest BCUT2D eigenvalue weighted by molar-refractivity contribution is 5.76. The third kappa shape index (κ3) is 2.87. The number of ether oxygens (including phenoxy) is 1. The topological polar surface area (TPSA) is 26.3 Å². The molecule has 17 heavy (non-hydrogen) atoms. The van der Waals surface area contributed by atoms with E-state index in [1.807, 2.05) is 19.9 Å². The molecule has 0 spiro atoms. The summed E-state index contributed by atoms with van der Waals surface area (Å²) in [5.41, 5.74) is 3.36. The molecule has 0 amide bonds. The number of rotatable bonds is 4. The van der Waals surface area contributed by atoms with Gasteiger partial charge in [-0.2, -0.15) is 0 Å². The molecule has 1 atom stereocenters. The Morgan fingerprint density at radius 2 is 2.00 bits per heavy atom. The Morgan fingerprint density at radius 3 is 2.53 bits per heavy atom. The van der Waals surface area contributed by atoms with Crippen molar-refractivity contribution in [1.29, 1.82) is 0 Å². The lowest BCUT2D eigenvalue weighted by atomic mass is 9.80. The van der Waals surface area contributed by atoms with E-state index in [2.05, 4.69) is 26.0 Å². The third-order valence-electron chi connectivity index (χ3n) is 3.76. The van der Waals surface area contributed by atoms with Crippen LogP contribution in [0.3, 0.4) is 0 Å². The molecule has 0 aliphatic heterocycles. The molecule has 0 heterocycles. The first-order chi connectivity index (χ1) is 7.94. The second-order valence-electron chi connectivity index (χ2n) is 4.94. The molecule has 0 saturated heterocycles. The van der Waals surface area contributed by atoms with Crippen LogP contribution < -0.4 is 0 Å². The largest absolute Gasteiger partial charge is 0.469 e. The van der Waals surface area contributed by atoms with Crippen molar-refractivity contribution in [3.63, 3.8) is 0 Å². The van der Waals surface area contributed by atoms with E-state index in [-0.39, 0.29) is 5.97 Å². The van der Waals surface area contributed by atoms with Gasteiger partial charge in [-0.15, -0.1) is 0 Å². The van der Waals surface area contributed by atoms with Gasteiger partial charge >= 0.3 is 5.97 Å². The molecule has 0 radical (unpaired) electrons. The van der Waals surface area contributed by atoms with E-state index >= 15 is 0 Å². The summed E-state index contributed by atoms with van der Waals surface area (Å²) in [6.07, 6.45) is 1.52. The molecule has 0 aromatic heterocycles. The minimum absolute atomic E-state index is 0.124. The number of hydrogen-bond acceptors (Lipinski definition) is 2. The minimum Gasteiger partial charge on any atom is -0.469 e. The molecule has 1 rings (SSSR count). The SMILES string of the molecule is CCC(C)(Cc1cccc(C)c1C)C(=O)OC. The summed E-state index contributed by atoms with van der Waals surface area (Å²) in [6.45, 7) is 8.21. The summed E-state index contributed by atoms with van der Waals surface area (Å²) in [5.74, 6) is -0.124. The fraction of sp³-hybridized carbons (Fsp3) is 0.533. The van der Waals surface area contributed by atoms with Crippen molar-refractivity contribution in [2.24, 2.45) is 5.41 Å². The number of benzene rings is 1. The van der Waals surface area contributed by atoms with E-state index < -0.39 is 5.41 Å². The summed E-state index contributed by atoms with van der Waals surface area (Å²) in [5, 5.41) is 0. The second-order valence-corrected chi connectivity index (χ2v) is 4.94. The Labute approximate surface area is 104 Å². The van der Waals surface area contributed by atoms with Gasteiger partial charge in [0.2, 0.25) is 0 Å². The van der Waals surface area contributed by atoms with E-state index in [0.29, 0.717) is 0 Å². The zero-order valence-corrected chi connectivity index (χ0v) is 11.5. The predicted octanol–water partition coefficient (Wildman–Crippen LogP) is 3.44. The first-order valence-electron chi connectivity index (χ1n) is 6.08. The van der Waals surface area contributed by atoms with Gasteiger partial charge in [0, 0.05) is 0 Å². The maximum absolute atomic E-state index is 11.8. The fourth-order valence-electron chi connectivity index (χ4n) is 2.01. The van der Waals surface area contributed by atoms with Crippen LogP contribution in [0, 0.1) is 19.3 Å². The Balaban J connectivity index is 3.03. The average Bonchev–Trinajstić information content (AvgIpc) is 2.33. The summed E-state index contributed by atoms with van der Waals surface area (Å²) in [4.78, 5) is 11.8. The van der Waals surface area contributed by atoms with E-state index in [4.69, 9.17) is 4.74 Å². The average molecular weight is 234 g/mol. The molecule has 94 valence electrons. The monoisotopic (exact) mass is 234 g/mol. The van der Waals surface area contributed by atoms with Crippen LogP contribution in [0.4, 0.5) is 0 Å². The molecule has 0 N–H and O–H groups in total. The Kier molecular flexibility index (Phi) is 4.33. The zero-order chi connectivity index (χ0) is 13.1. The van der Waals surface area contributed by atoms with Crippen LogP contribution in [0.25, 0.3) is 0 Å². The number of hydrogen-bond donors (Lipinski definition) is 0. The molecule has 0 saturated carbocycles. The summed E-state index contributed by atoms with van der Waals surface area (Å²) in [6, 6.07) is 6.24. The van der Waals surface area contributed by atoms with Gasteiger partial charge in [0.25, 0.3) is 0 Å². The lowest BCUT2D eigenvalue weighted by molar-refractivity contribution is -0.151. The van der Waals surface area contributed by atoms with Crippen molar-refractivity contribution in [2.75, 3.05) is 7.11 Å². The number of esters is 1. The normalized spacial score (nSPS) is 14.2. The molecular formula is C15H22O2. The van der Waals surface area contributed by atoms with Gasteiger partial charge in [-0.1, -0.05) is 25.1 Å². The Hall–Kier alpha value is -1.31. The molecule has 0 aliphatic rings. The van der Waals surface area contributed by atoms with Crippen molar-refractivity contribution >= 4 is 5.97 Å². The molecule has 1 aromatic rings. The number of carbonyl (C=O) groups excluding carboxylic acids is 1. The molecular weight excluding hydrogens is 212 g/mol. The zero-order valence-electron chi connectivity index (χ0n) is 11.5. The molecule has 1 unspecified atom stereocenters. The lowest BCUT2D eigenvalue weighted by Gasteiger charge is -2.26. The van der Waals surface area contributed by atoms with Crippen LogP contribution in [0.5, 0.6) is 0 Å². The van der Waals surface area contributed by atoms with Crippen LogP contribution in [0.1, 0.15) is 37.0 Å². The standard InChI is InChI=1S/C15H22O2/c1-6-15(4,14(16)17-5)10-13-9-7-8-11(2)12(13)3/h7-9H,6,10H2,1-5H3. The molecule has 2 nitrogen and oxygen atoms in total. The maximum atomic E-state index is 11.8. The molecule has 0 fully saturated rings. The fourth-order valence-corrected chi connectivity index (χ4v) is 2.01. The Bertz CT molecular complexity index is 409.